The van der Waals surface area contributed by atoms with Crippen LogP contribution in [-0.2, 0) is 9.84 Å². The van der Waals surface area contributed by atoms with Crippen LogP contribution in [0.15, 0.2) is 63.9 Å². The Hall–Kier alpha value is -2.75. The maximum atomic E-state index is 12.8. The van der Waals surface area contributed by atoms with Gasteiger partial charge in [0.2, 0.25) is 9.84 Å². The Morgan fingerprint density at radius 3 is 2.59 bits per heavy atom. The Bertz CT molecular complexity index is 1080. The second-order valence-electron chi connectivity index (χ2n) is 5.86. The van der Waals surface area contributed by atoms with E-state index in [1.807, 2.05) is 12.1 Å². The molecule has 27 heavy (non-hydrogen) atoms. The first-order chi connectivity index (χ1) is 12.9. The van der Waals surface area contributed by atoms with Crippen LogP contribution in [0.3, 0.4) is 0 Å². The van der Waals surface area contributed by atoms with Gasteiger partial charge >= 0.3 is 0 Å². The van der Waals surface area contributed by atoms with E-state index in [0.29, 0.717) is 22.1 Å². The predicted octanol–water partition coefficient (Wildman–Crippen LogP) is 4.39. The number of hydrogen-bond acceptors (Lipinski definition) is 5. The summed E-state index contributed by atoms with van der Waals surface area (Å²) in [7, 11) is -2.41. The number of sulfone groups is 1. The quantitative estimate of drug-likeness (QED) is 0.710. The largest absolute Gasteiger partial charge is 0.493 e. The summed E-state index contributed by atoms with van der Waals surface area (Å²) in [5, 5.41) is 9.88. The molecule has 0 saturated heterocycles. The molecule has 5 nitrogen and oxygen atoms in total. The van der Waals surface area contributed by atoms with Crippen molar-refractivity contribution in [3.63, 3.8) is 0 Å². The van der Waals surface area contributed by atoms with Gasteiger partial charge < -0.3 is 9.47 Å². The molecule has 1 heterocycles. The van der Waals surface area contributed by atoms with Crippen LogP contribution in [-0.4, -0.2) is 21.6 Å². The molecule has 0 radical (unpaired) electrons. The zero-order chi connectivity index (χ0) is 19.6. The molecular formula is C20H16ClNO4S. The van der Waals surface area contributed by atoms with Gasteiger partial charge in [-0.05, 0) is 55.0 Å². The third-order valence-corrected chi connectivity index (χ3v) is 6.07. The van der Waals surface area contributed by atoms with E-state index < -0.39 is 15.9 Å². The number of nitriles is 1. The lowest BCUT2D eigenvalue weighted by atomic mass is 10.0. The Morgan fingerprint density at radius 1 is 1.26 bits per heavy atom. The van der Waals surface area contributed by atoms with Gasteiger partial charge in [0.15, 0.2) is 11.5 Å². The molecule has 2 aromatic carbocycles. The van der Waals surface area contributed by atoms with Gasteiger partial charge in [0.25, 0.3) is 0 Å². The van der Waals surface area contributed by atoms with Crippen molar-refractivity contribution >= 4 is 27.5 Å². The number of hydrogen-bond donors (Lipinski definition) is 0. The zero-order valence-corrected chi connectivity index (χ0v) is 16.2. The average molecular weight is 402 g/mol. The normalized spacial score (nSPS) is 16.6. The molecule has 0 amide bonds. The zero-order valence-electron chi connectivity index (χ0n) is 14.6. The Kier molecular flexibility index (Phi) is 5.26. The van der Waals surface area contributed by atoms with Crippen LogP contribution in [0.4, 0.5) is 0 Å². The van der Waals surface area contributed by atoms with Crippen molar-refractivity contribution in [3.05, 3.63) is 69.6 Å². The number of nitrogens with zero attached hydrogens (tertiary/aromatic N) is 1. The van der Waals surface area contributed by atoms with Crippen LogP contribution >= 0.6 is 11.6 Å². The minimum Gasteiger partial charge on any atom is -0.493 e. The summed E-state index contributed by atoms with van der Waals surface area (Å²) in [6, 6.07) is 12.9. The molecule has 0 aliphatic carbocycles. The standard InChI is InChI=1S/C20H16ClNO4S/c1-13-15(10-14-4-3-5-19(25-2)20(14)26-13)11-18(12-22)27(23,24)17-8-6-16(21)7-9-17/h3-11,13H,1-2H3/b18-11-. The molecule has 2 aromatic rings. The number of allylic oxidation sites excluding steroid dienone is 1. The van der Waals surface area contributed by atoms with Crippen molar-refractivity contribution in [2.75, 3.05) is 7.11 Å². The lowest BCUT2D eigenvalue weighted by Gasteiger charge is -2.24. The van der Waals surface area contributed by atoms with Crippen LogP contribution in [0.1, 0.15) is 12.5 Å². The fourth-order valence-electron chi connectivity index (χ4n) is 2.70. The number of ether oxygens (including phenoxy) is 2. The van der Waals surface area contributed by atoms with E-state index in [-0.39, 0.29) is 9.80 Å². The maximum Gasteiger partial charge on any atom is 0.216 e. The van der Waals surface area contributed by atoms with Gasteiger partial charge in [0.05, 0.1) is 12.0 Å². The summed E-state index contributed by atoms with van der Waals surface area (Å²) in [4.78, 5) is -0.357. The molecule has 0 aromatic heterocycles. The van der Waals surface area contributed by atoms with Crippen LogP contribution in [0.5, 0.6) is 11.5 Å². The van der Waals surface area contributed by atoms with Crippen molar-refractivity contribution < 1.29 is 17.9 Å². The lowest BCUT2D eigenvalue weighted by Crippen LogP contribution is -2.19. The van der Waals surface area contributed by atoms with Gasteiger partial charge in [-0.1, -0.05) is 23.7 Å². The Balaban J connectivity index is 2.06. The summed E-state index contributed by atoms with van der Waals surface area (Å²) in [6.07, 6.45) is 2.69. The predicted molar refractivity (Wildman–Crippen MR) is 103 cm³/mol. The topological polar surface area (TPSA) is 76.4 Å². The van der Waals surface area contributed by atoms with Crippen LogP contribution in [0.2, 0.25) is 5.02 Å². The molecule has 7 heteroatoms. The molecule has 1 atom stereocenters. The summed E-state index contributed by atoms with van der Waals surface area (Å²) in [5.41, 5.74) is 1.32. The molecule has 3 rings (SSSR count). The molecule has 0 saturated carbocycles. The van der Waals surface area contributed by atoms with Crippen molar-refractivity contribution in [1.29, 1.82) is 5.26 Å². The van der Waals surface area contributed by atoms with Crippen molar-refractivity contribution in [1.82, 2.24) is 0 Å². The van der Waals surface area contributed by atoms with Gasteiger partial charge in [-0.2, -0.15) is 5.26 Å². The minimum atomic E-state index is -3.96. The number of rotatable bonds is 4. The third kappa shape index (κ3) is 3.70. The van der Waals surface area contributed by atoms with E-state index in [4.69, 9.17) is 21.1 Å². The highest BCUT2D eigenvalue weighted by Gasteiger charge is 2.25. The molecule has 0 N–H and O–H groups in total. The third-order valence-electron chi connectivity index (χ3n) is 4.14. The number of fused-ring (bicyclic) bond motifs is 1. The van der Waals surface area contributed by atoms with Gasteiger partial charge in [0.1, 0.15) is 17.1 Å². The first-order valence-electron chi connectivity index (χ1n) is 8.04. The van der Waals surface area contributed by atoms with E-state index in [0.717, 1.165) is 5.56 Å². The number of halogens is 1. The fraction of sp³-hybridized carbons (Fsp3) is 0.150. The number of methoxy groups -OCH3 is 1. The van der Waals surface area contributed by atoms with Gasteiger partial charge in [0, 0.05) is 10.6 Å². The summed E-state index contributed by atoms with van der Waals surface area (Å²) in [5.74, 6) is 1.18. The van der Waals surface area contributed by atoms with Crippen molar-refractivity contribution in [2.24, 2.45) is 0 Å². The van der Waals surface area contributed by atoms with Crippen LogP contribution in [0.25, 0.3) is 6.08 Å². The van der Waals surface area contributed by atoms with E-state index in [9.17, 15) is 13.7 Å². The second kappa shape index (κ2) is 7.47. The highest BCUT2D eigenvalue weighted by Crippen LogP contribution is 2.38. The smallest absolute Gasteiger partial charge is 0.216 e. The van der Waals surface area contributed by atoms with Crippen molar-refractivity contribution in [3.8, 4) is 17.6 Å². The monoisotopic (exact) mass is 401 g/mol. The molecule has 1 aliphatic rings. The maximum absolute atomic E-state index is 12.8. The second-order valence-corrected chi connectivity index (χ2v) is 8.22. The van der Waals surface area contributed by atoms with E-state index in [2.05, 4.69) is 0 Å². The van der Waals surface area contributed by atoms with Crippen LogP contribution in [0, 0.1) is 11.3 Å². The van der Waals surface area contributed by atoms with E-state index in [1.165, 1.54) is 30.3 Å². The van der Waals surface area contributed by atoms with E-state index in [1.54, 1.807) is 32.2 Å². The Labute approximate surface area is 163 Å². The van der Waals surface area contributed by atoms with Crippen molar-refractivity contribution in [2.45, 2.75) is 17.9 Å². The molecule has 0 bridgehead atoms. The molecule has 1 aliphatic heterocycles. The summed E-state index contributed by atoms with van der Waals surface area (Å²) < 4.78 is 36.7. The molecule has 1 unspecified atom stereocenters. The molecular weight excluding hydrogens is 386 g/mol. The van der Waals surface area contributed by atoms with Crippen LogP contribution < -0.4 is 9.47 Å². The highest BCUT2D eigenvalue weighted by molar-refractivity contribution is 7.95. The van der Waals surface area contributed by atoms with E-state index >= 15 is 0 Å². The lowest BCUT2D eigenvalue weighted by molar-refractivity contribution is 0.243. The van der Waals surface area contributed by atoms with Gasteiger partial charge in [-0.3, -0.25) is 0 Å². The summed E-state index contributed by atoms with van der Waals surface area (Å²) >= 11 is 5.81. The Morgan fingerprint density at radius 2 is 1.96 bits per heavy atom. The molecule has 0 spiro atoms. The number of para-hydroxylation sites is 1. The minimum absolute atomic E-state index is 0.00625. The van der Waals surface area contributed by atoms with Gasteiger partial charge in [-0.25, -0.2) is 8.42 Å². The molecule has 138 valence electrons. The SMILES string of the molecule is COc1cccc2c1OC(C)C(/C=C(/C#N)S(=O)(=O)c1ccc(Cl)cc1)=C2. The number of benzene rings is 2. The highest BCUT2D eigenvalue weighted by atomic mass is 35.5. The molecule has 0 fully saturated rings. The first-order valence-corrected chi connectivity index (χ1v) is 9.90. The fourth-order valence-corrected chi connectivity index (χ4v) is 3.98. The average Bonchev–Trinajstić information content (AvgIpc) is 2.66. The van der Waals surface area contributed by atoms with Gasteiger partial charge in [-0.15, -0.1) is 0 Å². The first kappa shape index (κ1) is 19.0. The summed E-state index contributed by atoms with van der Waals surface area (Å²) in [6.45, 7) is 1.78.